The molecule has 2 N–H and O–H groups in total. The summed E-state index contributed by atoms with van der Waals surface area (Å²) >= 11 is 0. The van der Waals surface area contributed by atoms with Crippen LogP contribution in [0.5, 0.6) is 0 Å². The molecule has 0 unspecified atom stereocenters. The van der Waals surface area contributed by atoms with Crippen LogP contribution in [0.15, 0.2) is 47.1 Å². The summed E-state index contributed by atoms with van der Waals surface area (Å²) in [5.74, 6) is -0.0721. The van der Waals surface area contributed by atoms with Crippen molar-refractivity contribution in [2.45, 2.75) is 31.4 Å². The van der Waals surface area contributed by atoms with Crippen LogP contribution in [0.4, 0.5) is 0 Å². The van der Waals surface area contributed by atoms with E-state index in [0.29, 0.717) is 5.57 Å². The average molecular weight is 229 g/mol. The molecule has 0 aromatic rings. The highest BCUT2D eigenvalue weighted by molar-refractivity contribution is 6.00. The van der Waals surface area contributed by atoms with E-state index in [4.69, 9.17) is 0 Å². The second-order valence-corrected chi connectivity index (χ2v) is 4.72. The summed E-state index contributed by atoms with van der Waals surface area (Å²) in [5, 5.41) is 12.6. The second kappa shape index (κ2) is 4.00. The molecule has 0 saturated heterocycles. The molecule has 0 aromatic heterocycles. The van der Waals surface area contributed by atoms with Crippen LogP contribution in [-0.4, -0.2) is 23.2 Å². The van der Waals surface area contributed by atoms with E-state index >= 15 is 0 Å². The van der Waals surface area contributed by atoms with Gasteiger partial charge in [0.05, 0.1) is 12.1 Å². The molecular weight excluding hydrogens is 214 g/mol. The summed E-state index contributed by atoms with van der Waals surface area (Å²) in [6.45, 7) is 0. The molecule has 3 aliphatic carbocycles. The van der Waals surface area contributed by atoms with Crippen LogP contribution in [0.1, 0.15) is 19.3 Å². The van der Waals surface area contributed by atoms with Gasteiger partial charge in [0, 0.05) is 5.57 Å². The molecule has 0 aromatic carbocycles. The fourth-order valence-electron chi connectivity index (χ4n) is 2.64. The van der Waals surface area contributed by atoms with Gasteiger partial charge < -0.3 is 10.4 Å². The lowest BCUT2D eigenvalue weighted by Crippen LogP contribution is -2.40. The minimum atomic E-state index is -0.385. The van der Waals surface area contributed by atoms with Crippen molar-refractivity contribution in [2.75, 3.05) is 0 Å². The maximum absolute atomic E-state index is 12.1. The first kappa shape index (κ1) is 10.5. The third-order valence-corrected chi connectivity index (χ3v) is 3.61. The summed E-state index contributed by atoms with van der Waals surface area (Å²) in [7, 11) is 0. The summed E-state index contributed by atoms with van der Waals surface area (Å²) in [6.07, 6.45) is 12.0. The molecule has 0 bridgehead atoms. The van der Waals surface area contributed by atoms with Crippen molar-refractivity contribution in [3.05, 3.63) is 47.1 Å². The fraction of sp³-hybridized carbons (Fsp3) is 0.357. The molecule has 0 spiro atoms. The van der Waals surface area contributed by atoms with E-state index in [0.717, 1.165) is 30.4 Å². The van der Waals surface area contributed by atoms with Crippen molar-refractivity contribution in [2.24, 2.45) is 0 Å². The van der Waals surface area contributed by atoms with Crippen molar-refractivity contribution in [1.82, 2.24) is 5.32 Å². The Balaban J connectivity index is 1.75. The summed E-state index contributed by atoms with van der Waals surface area (Å²) in [4.78, 5) is 12.1. The monoisotopic (exact) mass is 229 g/mol. The summed E-state index contributed by atoms with van der Waals surface area (Å²) in [6, 6.07) is -0.0811. The number of carbonyl (C=O) groups is 1. The number of hydrogen-bond donors (Lipinski definition) is 2. The van der Waals surface area contributed by atoms with E-state index in [1.807, 2.05) is 30.4 Å². The minimum Gasteiger partial charge on any atom is -0.391 e. The standard InChI is InChI=1S/C14H15NO2/c16-13-6-2-5-12(13)15-14(17)11-8-7-9-3-1-4-10(9)11/h1,3-4,7-8,12-13,16H,2,5-6H2,(H,15,17)/t12-,13+/m0/s1. The third kappa shape index (κ3) is 1.76. The number of aliphatic hydroxyl groups is 1. The van der Waals surface area contributed by atoms with Crippen molar-refractivity contribution in [3.63, 3.8) is 0 Å². The molecular formula is C14H15NO2. The van der Waals surface area contributed by atoms with E-state index < -0.39 is 0 Å². The molecule has 0 heterocycles. The zero-order valence-corrected chi connectivity index (χ0v) is 9.52. The average Bonchev–Trinajstić information content (AvgIpc) is 2.94. The summed E-state index contributed by atoms with van der Waals surface area (Å²) < 4.78 is 0. The Hall–Kier alpha value is -1.61. The SMILES string of the molecule is O=C(N[C@H]1CCC[C@H]1O)C1=C2C=CC=C2C=C1. The van der Waals surface area contributed by atoms with Gasteiger partial charge in [-0.15, -0.1) is 0 Å². The first-order chi connectivity index (χ1) is 8.25. The van der Waals surface area contributed by atoms with Crippen molar-refractivity contribution < 1.29 is 9.90 Å². The van der Waals surface area contributed by atoms with E-state index in [-0.39, 0.29) is 18.1 Å². The van der Waals surface area contributed by atoms with Gasteiger partial charge in [0.25, 0.3) is 5.91 Å². The molecule has 3 heteroatoms. The van der Waals surface area contributed by atoms with E-state index in [1.54, 1.807) is 0 Å². The van der Waals surface area contributed by atoms with Gasteiger partial charge in [-0.05, 0) is 36.5 Å². The number of allylic oxidation sites excluding steroid dienone is 6. The van der Waals surface area contributed by atoms with Gasteiger partial charge in [0.2, 0.25) is 0 Å². The number of amides is 1. The molecule has 1 fully saturated rings. The second-order valence-electron chi connectivity index (χ2n) is 4.72. The van der Waals surface area contributed by atoms with Crippen molar-refractivity contribution >= 4 is 5.91 Å². The highest BCUT2D eigenvalue weighted by Gasteiger charge is 2.28. The Morgan fingerprint density at radius 2 is 2.18 bits per heavy atom. The highest BCUT2D eigenvalue weighted by atomic mass is 16.3. The van der Waals surface area contributed by atoms with Crippen LogP contribution in [-0.2, 0) is 4.79 Å². The molecule has 3 rings (SSSR count). The Morgan fingerprint density at radius 3 is 2.94 bits per heavy atom. The van der Waals surface area contributed by atoms with Gasteiger partial charge in [-0.2, -0.15) is 0 Å². The molecule has 88 valence electrons. The van der Waals surface area contributed by atoms with Gasteiger partial charge in [-0.1, -0.05) is 24.3 Å². The van der Waals surface area contributed by atoms with E-state index in [2.05, 4.69) is 5.32 Å². The Bertz CT molecular complexity index is 482. The maximum Gasteiger partial charge on any atom is 0.252 e. The van der Waals surface area contributed by atoms with E-state index in [9.17, 15) is 9.90 Å². The Labute approximate surface area is 100 Å². The lowest BCUT2D eigenvalue weighted by atomic mass is 10.1. The number of rotatable bonds is 2. The van der Waals surface area contributed by atoms with E-state index in [1.165, 1.54) is 0 Å². The predicted molar refractivity (Wildman–Crippen MR) is 65.2 cm³/mol. The van der Waals surface area contributed by atoms with Crippen LogP contribution in [0.2, 0.25) is 0 Å². The zero-order valence-electron chi connectivity index (χ0n) is 9.52. The van der Waals surface area contributed by atoms with Crippen LogP contribution < -0.4 is 5.32 Å². The molecule has 0 aliphatic heterocycles. The largest absolute Gasteiger partial charge is 0.391 e. The van der Waals surface area contributed by atoms with Crippen molar-refractivity contribution in [3.8, 4) is 0 Å². The van der Waals surface area contributed by atoms with Gasteiger partial charge >= 0.3 is 0 Å². The van der Waals surface area contributed by atoms with Crippen LogP contribution in [0.3, 0.4) is 0 Å². The van der Waals surface area contributed by atoms with Crippen LogP contribution >= 0.6 is 0 Å². The van der Waals surface area contributed by atoms with Gasteiger partial charge in [0.15, 0.2) is 0 Å². The number of fused-ring (bicyclic) bond motifs is 1. The first-order valence-corrected chi connectivity index (χ1v) is 6.06. The number of aliphatic hydroxyl groups excluding tert-OH is 1. The molecule has 2 atom stereocenters. The Morgan fingerprint density at radius 1 is 1.29 bits per heavy atom. The smallest absolute Gasteiger partial charge is 0.252 e. The number of nitrogens with one attached hydrogen (secondary N) is 1. The van der Waals surface area contributed by atoms with Crippen LogP contribution in [0.25, 0.3) is 0 Å². The fourth-order valence-corrected chi connectivity index (χ4v) is 2.64. The molecule has 0 radical (unpaired) electrons. The Kier molecular flexibility index (Phi) is 2.48. The molecule has 17 heavy (non-hydrogen) atoms. The summed E-state index contributed by atoms with van der Waals surface area (Å²) in [5.41, 5.74) is 2.81. The molecule has 3 aliphatic rings. The lowest BCUT2D eigenvalue weighted by Gasteiger charge is -2.16. The lowest BCUT2D eigenvalue weighted by molar-refractivity contribution is -0.118. The normalized spacial score (nSPS) is 29.8. The molecule has 3 nitrogen and oxygen atoms in total. The molecule has 1 amide bonds. The van der Waals surface area contributed by atoms with Gasteiger partial charge in [-0.25, -0.2) is 0 Å². The van der Waals surface area contributed by atoms with Gasteiger partial charge in [0.1, 0.15) is 0 Å². The first-order valence-electron chi connectivity index (χ1n) is 6.06. The minimum absolute atomic E-state index is 0.0721. The van der Waals surface area contributed by atoms with Gasteiger partial charge in [-0.3, -0.25) is 4.79 Å². The quantitative estimate of drug-likeness (QED) is 0.751. The number of carbonyl (C=O) groups excluding carboxylic acids is 1. The van der Waals surface area contributed by atoms with Crippen molar-refractivity contribution in [1.29, 1.82) is 0 Å². The predicted octanol–water partition coefficient (Wildman–Crippen LogP) is 1.38. The number of hydrogen-bond acceptors (Lipinski definition) is 2. The third-order valence-electron chi connectivity index (χ3n) is 3.61. The van der Waals surface area contributed by atoms with Crippen LogP contribution in [0, 0.1) is 0 Å². The maximum atomic E-state index is 12.1. The topological polar surface area (TPSA) is 49.3 Å². The zero-order chi connectivity index (χ0) is 11.8. The highest BCUT2D eigenvalue weighted by Crippen LogP contribution is 2.30. The molecule has 1 saturated carbocycles.